The summed E-state index contributed by atoms with van der Waals surface area (Å²) in [6.45, 7) is 2.16. The maximum Gasteiger partial charge on any atom is 0.187 e. The first-order valence-corrected chi connectivity index (χ1v) is 8.34. The van der Waals surface area contributed by atoms with E-state index in [0.29, 0.717) is 5.15 Å². The van der Waals surface area contributed by atoms with E-state index in [1.54, 1.807) is 11.3 Å². The number of aromatic nitrogens is 2. The molecule has 4 nitrogen and oxygen atoms in total. The van der Waals surface area contributed by atoms with Crippen molar-refractivity contribution in [1.29, 1.82) is 0 Å². The molecule has 0 radical (unpaired) electrons. The van der Waals surface area contributed by atoms with E-state index in [1.807, 2.05) is 0 Å². The Labute approximate surface area is 126 Å². The fourth-order valence-corrected chi connectivity index (χ4v) is 4.02. The van der Waals surface area contributed by atoms with Crippen LogP contribution in [0.2, 0.25) is 5.15 Å². The van der Waals surface area contributed by atoms with Crippen LogP contribution < -0.4 is 4.90 Å². The lowest BCUT2D eigenvalue weighted by Gasteiger charge is -2.11. The van der Waals surface area contributed by atoms with Crippen molar-refractivity contribution in [3.05, 3.63) is 17.2 Å². The number of hydrogen-bond donors (Lipinski definition) is 0. The lowest BCUT2D eigenvalue weighted by Crippen LogP contribution is -2.16. The minimum absolute atomic E-state index is 0.547. The van der Waals surface area contributed by atoms with Crippen molar-refractivity contribution >= 4 is 28.1 Å². The SMILES string of the molecule is Clc1nc(N2CCCC2)sc1-c1ocnc1CC1CC1. The molecule has 2 aromatic heterocycles. The Morgan fingerprint density at radius 1 is 1.35 bits per heavy atom. The highest BCUT2D eigenvalue weighted by molar-refractivity contribution is 7.19. The summed E-state index contributed by atoms with van der Waals surface area (Å²) in [4.78, 5) is 12.1. The third kappa shape index (κ3) is 2.33. The van der Waals surface area contributed by atoms with E-state index in [2.05, 4.69) is 14.9 Å². The van der Waals surface area contributed by atoms with Gasteiger partial charge in [0.1, 0.15) is 4.88 Å². The Hall–Kier alpha value is -1.07. The minimum atomic E-state index is 0.547. The van der Waals surface area contributed by atoms with Gasteiger partial charge in [0.25, 0.3) is 0 Å². The van der Waals surface area contributed by atoms with E-state index in [-0.39, 0.29) is 0 Å². The van der Waals surface area contributed by atoms with Crippen LogP contribution in [0.15, 0.2) is 10.8 Å². The Balaban J connectivity index is 1.65. The van der Waals surface area contributed by atoms with Crippen LogP contribution in [-0.2, 0) is 6.42 Å². The molecule has 3 heterocycles. The molecule has 2 fully saturated rings. The molecule has 0 bridgehead atoms. The molecule has 2 aromatic rings. The number of hydrogen-bond acceptors (Lipinski definition) is 5. The van der Waals surface area contributed by atoms with Gasteiger partial charge in [0, 0.05) is 13.1 Å². The summed E-state index contributed by atoms with van der Waals surface area (Å²) in [5.74, 6) is 1.61. The summed E-state index contributed by atoms with van der Waals surface area (Å²) in [7, 11) is 0. The number of oxazole rings is 1. The highest BCUT2D eigenvalue weighted by Crippen LogP contribution is 2.42. The first kappa shape index (κ1) is 12.7. The molecular formula is C14H16ClN3OS. The Morgan fingerprint density at radius 3 is 2.90 bits per heavy atom. The number of halogens is 1. The quantitative estimate of drug-likeness (QED) is 0.856. The lowest BCUT2D eigenvalue weighted by atomic mass is 10.2. The maximum atomic E-state index is 6.32. The normalized spacial score (nSPS) is 18.9. The predicted octanol–water partition coefficient (Wildman–Crippen LogP) is 4.00. The standard InChI is InChI=1S/C14H16ClN3OS/c15-13-12(20-14(17-13)18-5-1-2-6-18)11-10(16-8-19-11)7-9-3-4-9/h8-9H,1-7H2. The third-order valence-electron chi connectivity index (χ3n) is 3.98. The summed E-state index contributed by atoms with van der Waals surface area (Å²) in [6, 6.07) is 0. The molecule has 1 aliphatic carbocycles. The van der Waals surface area contributed by atoms with Gasteiger partial charge in [0.15, 0.2) is 22.4 Å². The van der Waals surface area contributed by atoms with Crippen molar-refractivity contribution in [2.75, 3.05) is 18.0 Å². The molecule has 20 heavy (non-hydrogen) atoms. The van der Waals surface area contributed by atoms with Crippen LogP contribution in [-0.4, -0.2) is 23.1 Å². The largest absolute Gasteiger partial charge is 0.442 e. The van der Waals surface area contributed by atoms with Gasteiger partial charge in [-0.1, -0.05) is 22.9 Å². The van der Waals surface area contributed by atoms with Gasteiger partial charge in [0.2, 0.25) is 0 Å². The minimum Gasteiger partial charge on any atom is -0.442 e. The molecule has 1 saturated heterocycles. The Morgan fingerprint density at radius 2 is 2.15 bits per heavy atom. The average Bonchev–Trinajstić information content (AvgIpc) is 2.86. The van der Waals surface area contributed by atoms with E-state index in [0.717, 1.165) is 46.9 Å². The molecule has 2 aliphatic rings. The van der Waals surface area contributed by atoms with Crippen LogP contribution in [0.5, 0.6) is 0 Å². The topological polar surface area (TPSA) is 42.2 Å². The fraction of sp³-hybridized carbons (Fsp3) is 0.571. The van der Waals surface area contributed by atoms with Crippen molar-refractivity contribution in [2.24, 2.45) is 5.92 Å². The van der Waals surface area contributed by atoms with Crippen molar-refractivity contribution in [2.45, 2.75) is 32.1 Å². The van der Waals surface area contributed by atoms with Gasteiger partial charge in [-0.3, -0.25) is 0 Å². The Kier molecular flexibility index (Phi) is 3.19. The molecule has 0 atom stereocenters. The van der Waals surface area contributed by atoms with Crippen molar-refractivity contribution in [3.8, 4) is 10.6 Å². The maximum absolute atomic E-state index is 6.32. The molecule has 6 heteroatoms. The monoisotopic (exact) mass is 309 g/mol. The number of nitrogens with zero attached hydrogens (tertiary/aromatic N) is 3. The third-order valence-corrected chi connectivity index (χ3v) is 5.48. The van der Waals surface area contributed by atoms with Crippen LogP contribution >= 0.6 is 22.9 Å². The molecule has 4 rings (SSSR count). The predicted molar refractivity (Wildman–Crippen MR) is 80.5 cm³/mol. The van der Waals surface area contributed by atoms with E-state index < -0.39 is 0 Å². The molecular weight excluding hydrogens is 294 g/mol. The van der Waals surface area contributed by atoms with E-state index in [1.165, 1.54) is 32.1 Å². The van der Waals surface area contributed by atoms with Gasteiger partial charge < -0.3 is 9.32 Å². The lowest BCUT2D eigenvalue weighted by molar-refractivity contribution is 0.571. The van der Waals surface area contributed by atoms with Crippen LogP contribution in [0.3, 0.4) is 0 Å². The summed E-state index contributed by atoms with van der Waals surface area (Å²) in [5, 5.41) is 1.56. The van der Waals surface area contributed by atoms with Gasteiger partial charge in [-0.05, 0) is 38.0 Å². The molecule has 0 N–H and O–H groups in total. The van der Waals surface area contributed by atoms with Gasteiger partial charge in [-0.15, -0.1) is 0 Å². The fourth-order valence-electron chi connectivity index (χ4n) is 2.67. The second-order valence-electron chi connectivity index (χ2n) is 5.59. The van der Waals surface area contributed by atoms with Crippen molar-refractivity contribution in [3.63, 3.8) is 0 Å². The van der Waals surface area contributed by atoms with Gasteiger partial charge in [0.05, 0.1) is 5.69 Å². The van der Waals surface area contributed by atoms with E-state index >= 15 is 0 Å². The summed E-state index contributed by atoms with van der Waals surface area (Å²) < 4.78 is 5.59. The second-order valence-corrected chi connectivity index (χ2v) is 6.92. The molecule has 0 aromatic carbocycles. The molecule has 1 saturated carbocycles. The molecule has 0 amide bonds. The van der Waals surface area contributed by atoms with Crippen LogP contribution in [0.4, 0.5) is 5.13 Å². The summed E-state index contributed by atoms with van der Waals surface area (Å²) in [6.07, 6.45) is 7.62. The molecule has 0 unspecified atom stereocenters. The van der Waals surface area contributed by atoms with E-state index in [4.69, 9.17) is 16.0 Å². The van der Waals surface area contributed by atoms with Gasteiger partial charge in [-0.25, -0.2) is 9.97 Å². The van der Waals surface area contributed by atoms with Gasteiger partial charge in [-0.2, -0.15) is 0 Å². The average molecular weight is 310 g/mol. The van der Waals surface area contributed by atoms with E-state index in [9.17, 15) is 0 Å². The summed E-state index contributed by atoms with van der Waals surface area (Å²) >= 11 is 7.95. The molecule has 0 spiro atoms. The first-order valence-electron chi connectivity index (χ1n) is 7.15. The second kappa shape index (κ2) is 5.04. The summed E-state index contributed by atoms with van der Waals surface area (Å²) in [5.41, 5.74) is 1.03. The zero-order valence-corrected chi connectivity index (χ0v) is 12.7. The van der Waals surface area contributed by atoms with Crippen LogP contribution in [0.1, 0.15) is 31.4 Å². The van der Waals surface area contributed by atoms with Crippen molar-refractivity contribution < 1.29 is 4.42 Å². The smallest absolute Gasteiger partial charge is 0.187 e. The number of anilines is 1. The van der Waals surface area contributed by atoms with Crippen LogP contribution in [0.25, 0.3) is 10.6 Å². The molecule has 1 aliphatic heterocycles. The van der Waals surface area contributed by atoms with Gasteiger partial charge >= 0.3 is 0 Å². The highest BCUT2D eigenvalue weighted by atomic mass is 35.5. The zero-order valence-electron chi connectivity index (χ0n) is 11.1. The first-order chi connectivity index (χ1) is 9.81. The van der Waals surface area contributed by atoms with Crippen LogP contribution in [0, 0.1) is 5.92 Å². The molecule has 106 valence electrons. The zero-order chi connectivity index (χ0) is 13.5. The number of rotatable bonds is 4. The highest BCUT2D eigenvalue weighted by Gasteiger charge is 2.27. The Bertz CT molecular complexity index is 614. The number of thiazole rings is 1. The van der Waals surface area contributed by atoms with Crippen molar-refractivity contribution in [1.82, 2.24) is 9.97 Å².